The molecule has 2 aliphatic rings. The number of ether oxygens (including phenoxy) is 5. The number of hydrogen-bond acceptors (Lipinski definition) is 13. The van der Waals surface area contributed by atoms with Gasteiger partial charge >= 0.3 is 0 Å². The molecule has 0 spiro atoms. The van der Waals surface area contributed by atoms with Crippen LogP contribution in [-0.4, -0.2) is 81.3 Å². The molecule has 9 rings (SSSR count). The summed E-state index contributed by atoms with van der Waals surface area (Å²) in [6.07, 6.45) is 4.70. The largest absolute Gasteiger partial charge is 0.506 e. The summed E-state index contributed by atoms with van der Waals surface area (Å²) in [4.78, 5) is 68.0. The van der Waals surface area contributed by atoms with Crippen LogP contribution in [0.1, 0.15) is 58.3 Å². The molecule has 15 nitrogen and oxygen atoms in total. The maximum Gasteiger partial charge on any atom is 0.265 e. The van der Waals surface area contributed by atoms with Crippen molar-refractivity contribution in [2.24, 2.45) is 0 Å². The predicted molar refractivity (Wildman–Crippen MR) is 220 cm³/mol. The molecular weight excluding hydrogens is 821 g/mol. The number of methoxy groups -OCH3 is 2. The van der Waals surface area contributed by atoms with Crippen molar-refractivity contribution in [2.45, 2.75) is 19.7 Å². The number of halogens is 2. The first-order chi connectivity index (χ1) is 30.6. The molecule has 318 valence electrons. The van der Waals surface area contributed by atoms with Crippen molar-refractivity contribution in [3.63, 3.8) is 0 Å². The van der Waals surface area contributed by atoms with E-state index in [0.717, 1.165) is 9.80 Å². The van der Waals surface area contributed by atoms with Crippen LogP contribution in [0.5, 0.6) is 23.0 Å². The number of phenolic OH excluding ortho intramolecular Hbond substituents is 1. The van der Waals surface area contributed by atoms with Gasteiger partial charge < -0.3 is 28.8 Å². The van der Waals surface area contributed by atoms with E-state index in [1.165, 1.54) is 68.9 Å². The Morgan fingerprint density at radius 3 is 1.49 bits per heavy atom. The lowest BCUT2D eigenvalue weighted by Gasteiger charge is -2.16. The Morgan fingerprint density at radius 2 is 0.984 bits per heavy atom. The summed E-state index contributed by atoms with van der Waals surface area (Å²) in [6, 6.07) is 23.1. The Morgan fingerprint density at radius 1 is 0.524 bits per heavy atom. The lowest BCUT2D eigenvalue weighted by Crippen LogP contribution is -2.29. The molecule has 0 radical (unpaired) electrons. The van der Waals surface area contributed by atoms with Crippen LogP contribution < -0.4 is 14.2 Å². The molecule has 0 unspecified atom stereocenters. The van der Waals surface area contributed by atoms with Gasteiger partial charge in [-0.15, -0.1) is 0 Å². The third kappa shape index (κ3) is 8.05. The van der Waals surface area contributed by atoms with Gasteiger partial charge in [0.1, 0.15) is 51.9 Å². The van der Waals surface area contributed by atoms with Gasteiger partial charge in [-0.05, 0) is 71.8 Å². The molecule has 2 aliphatic heterocycles. The molecule has 0 aliphatic carbocycles. The molecule has 63 heavy (non-hydrogen) atoms. The summed E-state index contributed by atoms with van der Waals surface area (Å²) in [5, 5.41) is 11.5. The molecule has 1 N–H and O–H groups in total. The molecule has 4 amide bonds. The Labute approximate surface area is 357 Å². The van der Waals surface area contributed by atoms with Gasteiger partial charge in [-0.2, -0.15) is 0 Å². The summed E-state index contributed by atoms with van der Waals surface area (Å²) in [6.45, 7) is -0.345. The Balaban J connectivity index is 0.000000177. The van der Waals surface area contributed by atoms with Crippen molar-refractivity contribution >= 4 is 45.4 Å². The number of phenols is 1. The van der Waals surface area contributed by atoms with Gasteiger partial charge in [-0.25, -0.2) is 8.78 Å². The van der Waals surface area contributed by atoms with E-state index in [1.807, 2.05) is 6.07 Å². The topological polar surface area (TPSA) is 180 Å². The zero-order valence-corrected chi connectivity index (χ0v) is 33.5. The van der Waals surface area contributed by atoms with Gasteiger partial charge in [0, 0.05) is 43.6 Å². The number of carbonyl (C=O) groups is 4. The first kappa shape index (κ1) is 41.8. The Bertz CT molecular complexity index is 2900. The second-order valence-corrected chi connectivity index (χ2v) is 14.0. The molecule has 0 bridgehead atoms. The smallest absolute Gasteiger partial charge is 0.265 e. The van der Waals surface area contributed by atoms with Gasteiger partial charge in [0.2, 0.25) is 0 Å². The van der Waals surface area contributed by atoms with E-state index in [4.69, 9.17) is 23.7 Å². The fraction of sp³-hybridized carbons (Fsp3) is 0.152. The van der Waals surface area contributed by atoms with E-state index in [1.54, 1.807) is 48.8 Å². The van der Waals surface area contributed by atoms with E-state index in [-0.39, 0.29) is 89.4 Å². The fourth-order valence-electron chi connectivity index (χ4n) is 7.18. The second-order valence-electron chi connectivity index (χ2n) is 14.0. The summed E-state index contributed by atoms with van der Waals surface area (Å²) in [5.74, 6) is -3.11. The number of pyridine rings is 3. The van der Waals surface area contributed by atoms with E-state index in [9.17, 15) is 33.1 Å². The van der Waals surface area contributed by atoms with Gasteiger partial charge in [-0.1, -0.05) is 30.3 Å². The highest BCUT2D eigenvalue weighted by atomic mass is 19.1. The third-order valence-corrected chi connectivity index (χ3v) is 10.0. The van der Waals surface area contributed by atoms with Crippen LogP contribution in [0.2, 0.25) is 0 Å². The maximum absolute atomic E-state index is 13.6. The van der Waals surface area contributed by atoms with Crippen LogP contribution in [0.15, 0.2) is 110 Å². The SMILES string of the molecule is COCOc1c2c(c(O)c3cccnc13)C(=O)N(Cc1ccc(F)cc1)C2=O.COCOc1c2c(c(OCc3ccccn3)c3cccnc13)C(=O)N(Cc1ccc(F)cc1)C2=O. The molecule has 3 aromatic heterocycles. The van der Waals surface area contributed by atoms with Gasteiger partial charge in [0.05, 0.1) is 29.9 Å². The summed E-state index contributed by atoms with van der Waals surface area (Å²) in [5.41, 5.74) is 2.36. The quantitative estimate of drug-likeness (QED) is 0.0928. The lowest BCUT2D eigenvalue weighted by atomic mass is 10.0. The van der Waals surface area contributed by atoms with Crippen molar-refractivity contribution in [1.82, 2.24) is 24.8 Å². The normalized spacial score (nSPS) is 13.0. The van der Waals surface area contributed by atoms with E-state index in [2.05, 4.69) is 15.0 Å². The van der Waals surface area contributed by atoms with E-state index >= 15 is 0 Å². The Hall–Kier alpha value is -7.89. The maximum atomic E-state index is 13.6. The number of nitrogens with zero attached hydrogens (tertiary/aromatic N) is 5. The standard InChI is InChI=1S/C26H20FN3O5.C20H15FN2O5/c1-33-15-35-24-21-20(25(31)30(26(21)32)13-16-7-9-17(27)10-8-16)23(19-6-4-12-29-22(19)24)34-14-18-5-2-3-11-28-18;1-27-10-28-18-15-14(17(24)13-3-2-8-22-16(13)18)19(25)23(20(15)26)9-11-4-6-12(21)7-5-11/h2-12H,13-15H2,1H3;2-8,24H,9-10H2,1H3. The predicted octanol–water partition coefficient (Wildman–Crippen LogP) is 6.99. The van der Waals surface area contributed by atoms with Crippen molar-refractivity contribution in [3.8, 4) is 23.0 Å². The van der Waals surface area contributed by atoms with Crippen molar-refractivity contribution in [1.29, 1.82) is 0 Å². The number of rotatable bonds is 13. The molecule has 0 atom stereocenters. The highest BCUT2D eigenvalue weighted by Gasteiger charge is 2.44. The highest BCUT2D eigenvalue weighted by Crippen LogP contribution is 2.46. The van der Waals surface area contributed by atoms with Crippen LogP contribution >= 0.6 is 0 Å². The number of fused-ring (bicyclic) bond motifs is 4. The summed E-state index contributed by atoms with van der Waals surface area (Å²) >= 11 is 0. The number of imide groups is 2. The number of carbonyl (C=O) groups excluding carboxylic acids is 4. The molecule has 0 saturated carbocycles. The minimum Gasteiger partial charge on any atom is -0.506 e. The first-order valence-corrected chi connectivity index (χ1v) is 19.2. The average Bonchev–Trinajstić information content (AvgIpc) is 3.70. The van der Waals surface area contributed by atoms with Crippen molar-refractivity contribution < 1.29 is 56.7 Å². The van der Waals surface area contributed by atoms with E-state index < -0.39 is 35.3 Å². The monoisotopic (exact) mass is 855 g/mol. The van der Waals surface area contributed by atoms with Crippen LogP contribution in [0.4, 0.5) is 8.78 Å². The van der Waals surface area contributed by atoms with Gasteiger partial charge in [0.25, 0.3) is 23.6 Å². The minimum atomic E-state index is -0.658. The summed E-state index contributed by atoms with van der Waals surface area (Å²) < 4.78 is 53.9. The minimum absolute atomic E-state index is 0.0419. The van der Waals surface area contributed by atoms with Crippen LogP contribution in [0, 0.1) is 11.6 Å². The van der Waals surface area contributed by atoms with E-state index in [0.29, 0.717) is 27.7 Å². The van der Waals surface area contributed by atoms with Crippen LogP contribution in [-0.2, 0) is 29.2 Å². The second kappa shape index (κ2) is 18.0. The Kier molecular flexibility index (Phi) is 11.9. The molecule has 4 aromatic carbocycles. The van der Waals surface area contributed by atoms with Crippen LogP contribution in [0.25, 0.3) is 21.8 Å². The number of aromatic hydroxyl groups is 1. The van der Waals surface area contributed by atoms with Crippen molar-refractivity contribution in [3.05, 3.63) is 160 Å². The summed E-state index contributed by atoms with van der Waals surface area (Å²) in [7, 11) is 2.87. The number of benzene rings is 4. The number of amides is 4. The fourth-order valence-corrected chi connectivity index (χ4v) is 7.18. The average molecular weight is 856 g/mol. The highest BCUT2D eigenvalue weighted by molar-refractivity contribution is 6.28. The van der Waals surface area contributed by atoms with Crippen molar-refractivity contribution in [2.75, 3.05) is 27.8 Å². The molecule has 0 saturated heterocycles. The van der Waals surface area contributed by atoms with Gasteiger partial charge in [0.15, 0.2) is 25.1 Å². The van der Waals surface area contributed by atoms with Gasteiger partial charge in [-0.3, -0.25) is 43.9 Å². The van der Waals surface area contributed by atoms with Crippen LogP contribution in [0.3, 0.4) is 0 Å². The number of hydrogen-bond donors (Lipinski definition) is 1. The first-order valence-electron chi connectivity index (χ1n) is 19.2. The third-order valence-electron chi connectivity index (χ3n) is 10.0. The lowest BCUT2D eigenvalue weighted by molar-refractivity contribution is 0.0499. The molecule has 0 fully saturated rings. The zero-order valence-electron chi connectivity index (χ0n) is 33.5. The molecule has 5 heterocycles. The number of aromatic nitrogens is 3. The molecule has 17 heteroatoms. The molecular formula is C46H35F2N5O10. The molecule has 7 aromatic rings. The zero-order chi connectivity index (χ0) is 44.2.